The molecule has 3 aromatic rings. The van der Waals surface area contributed by atoms with Crippen LogP contribution in [0.3, 0.4) is 0 Å². The lowest BCUT2D eigenvalue weighted by molar-refractivity contribution is -0.384. The van der Waals surface area contributed by atoms with Gasteiger partial charge in [-0.2, -0.15) is 5.10 Å². The molecule has 0 saturated carbocycles. The Labute approximate surface area is 187 Å². The van der Waals surface area contributed by atoms with E-state index in [0.717, 1.165) is 27.8 Å². The number of hydrogen-bond acceptors (Lipinski definition) is 10. The summed E-state index contributed by atoms with van der Waals surface area (Å²) in [5, 5.41) is 25.7. The average Bonchev–Trinajstić information content (AvgIpc) is 3.16. The third-order valence-electron chi connectivity index (χ3n) is 4.10. The molecule has 32 heavy (non-hydrogen) atoms. The van der Waals surface area contributed by atoms with E-state index in [1.54, 1.807) is 19.2 Å². The van der Waals surface area contributed by atoms with Crippen LogP contribution in [0.1, 0.15) is 11.1 Å². The number of methoxy groups -OCH3 is 1. The Balaban J connectivity index is 1.48. The fraction of sp³-hybridized carbons (Fsp3) is 0.158. The Morgan fingerprint density at radius 3 is 2.81 bits per heavy atom. The van der Waals surface area contributed by atoms with E-state index in [1.807, 2.05) is 24.3 Å². The molecule has 0 bridgehead atoms. The SMILES string of the molecule is COc1ccc(CNC(=O)CSc2nnc(N/N=C/c3cccc([N+](=O)[O-])c3)n2N)cc1. The highest BCUT2D eigenvalue weighted by Crippen LogP contribution is 2.17. The first-order chi connectivity index (χ1) is 15.5. The lowest BCUT2D eigenvalue weighted by Crippen LogP contribution is -2.25. The maximum atomic E-state index is 12.1. The first-order valence-electron chi connectivity index (χ1n) is 9.22. The zero-order valence-electron chi connectivity index (χ0n) is 17.0. The third-order valence-corrected chi connectivity index (χ3v) is 5.05. The predicted molar refractivity (Wildman–Crippen MR) is 120 cm³/mol. The molecule has 0 radical (unpaired) electrons. The van der Waals surface area contributed by atoms with Gasteiger partial charge < -0.3 is 15.9 Å². The zero-order chi connectivity index (χ0) is 22.9. The highest BCUT2D eigenvalue weighted by Gasteiger charge is 2.12. The molecule has 1 aromatic heterocycles. The van der Waals surface area contributed by atoms with Gasteiger partial charge >= 0.3 is 0 Å². The molecule has 12 nitrogen and oxygen atoms in total. The van der Waals surface area contributed by atoms with Crippen LogP contribution in [-0.2, 0) is 11.3 Å². The number of nitrogens with two attached hydrogens (primary N) is 1. The van der Waals surface area contributed by atoms with Gasteiger partial charge in [-0.05, 0) is 17.7 Å². The predicted octanol–water partition coefficient (Wildman–Crippen LogP) is 1.76. The molecule has 0 aliphatic carbocycles. The minimum atomic E-state index is -0.488. The van der Waals surface area contributed by atoms with Gasteiger partial charge in [0.15, 0.2) is 0 Å². The molecule has 0 aliphatic rings. The van der Waals surface area contributed by atoms with Crippen molar-refractivity contribution >= 4 is 35.5 Å². The maximum Gasteiger partial charge on any atom is 0.270 e. The summed E-state index contributed by atoms with van der Waals surface area (Å²) in [5.74, 6) is 6.73. The summed E-state index contributed by atoms with van der Waals surface area (Å²) in [7, 11) is 1.59. The average molecular weight is 456 g/mol. The fourth-order valence-corrected chi connectivity index (χ4v) is 3.15. The van der Waals surface area contributed by atoms with Crippen LogP contribution in [0, 0.1) is 10.1 Å². The lowest BCUT2D eigenvalue weighted by atomic mass is 10.2. The molecule has 4 N–H and O–H groups in total. The van der Waals surface area contributed by atoms with Crippen LogP contribution in [0.5, 0.6) is 5.75 Å². The van der Waals surface area contributed by atoms with Crippen molar-refractivity contribution in [1.82, 2.24) is 20.2 Å². The van der Waals surface area contributed by atoms with Gasteiger partial charge in [-0.15, -0.1) is 10.2 Å². The third kappa shape index (κ3) is 6.18. The van der Waals surface area contributed by atoms with Crippen molar-refractivity contribution in [2.24, 2.45) is 5.10 Å². The number of carbonyl (C=O) groups is 1. The van der Waals surface area contributed by atoms with E-state index < -0.39 is 4.92 Å². The second-order valence-electron chi connectivity index (χ2n) is 6.31. The van der Waals surface area contributed by atoms with E-state index in [2.05, 4.69) is 26.0 Å². The van der Waals surface area contributed by atoms with Gasteiger partial charge in [0, 0.05) is 24.2 Å². The number of nitrogens with one attached hydrogen (secondary N) is 2. The number of hydrazone groups is 1. The highest BCUT2D eigenvalue weighted by molar-refractivity contribution is 7.99. The van der Waals surface area contributed by atoms with E-state index in [1.165, 1.54) is 18.3 Å². The van der Waals surface area contributed by atoms with Crippen molar-refractivity contribution in [1.29, 1.82) is 0 Å². The Hall–Kier alpha value is -4.13. The summed E-state index contributed by atoms with van der Waals surface area (Å²) in [6.45, 7) is 0.387. The molecular formula is C19H20N8O4S. The van der Waals surface area contributed by atoms with E-state index in [-0.39, 0.29) is 23.3 Å². The molecule has 1 amide bonds. The standard InChI is InChI=1S/C19H20N8O4S/c1-31-16-7-5-13(6-8-16)10-21-17(28)12-32-19-25-24-18(26(19)20)23-22-11-14-3-2-4-15(9-14)27(29)30/h2-9,11H,10,12,20H2,1H3,(H,21,28)(H,23,24)/b22-11+. The quantitative estimate of drug-likeness (QED) is 0.136. The van der Waals surface area contributed by atoms with Crippen molar-refractivity contribution in [3.63, 3.8) is 0 Å². The smallest absolute Gasteiger partial charge is 0.270 e. The van der Waals surface area contributed by atoms with Crippen LogP contribution in [0.15, 0.2) is 58.8 Å². The van der Waals surface area contributed by atoms with E-state index in [9.17, 15) is 14.9 Å². The minimum Gasteiger partial charge on any atom is -0.497 e. The van der Waals surface area contributed by atoms with Crippen molar-refractivity contribution < 1.29 is 14.5 Å². The molecule has 0 aliphatic heterocycles. The number of nitrogens with zero attached hydrogens (tertiary/aromatic N) is 5. The molecule has 0 saturated heterocycles. The molecular weight excluding hydrogens is 436 g/mol. The van der Waals surface area contributed by atoms with Gasteiger partial charge in [0.05, 0.1) is 24.0 Å². The number of anilines is 1. The first-order valence-corrected chi connectivity index (χ1v) is 10.2. The van der Waals surface area contributed by atoms with Crippen LogP contribution >= 0.6 is 11.8 Å². The number of rotatable bonds is 10. The Kier molecular flexibility index (Phi) is 7.59. The number of nitrogen functional groups attached to an aromatic ring is 1. The fourth-order valence-electron chi connectivity index (χ4n) is 2.46. The van der Waals surface area contributed by atoms with Gasteiger partial charge in [-0.1, -0.05) is 36.0 Å². The van der Waals surface area contributed by atoms with Crippen LogP contribution in [0.2, 0.25) is 0 Å². The number of ether oxygens (including phenoxy) is 1. The second kappa shape index (κ2) is 10.8. The van der Waals surface area contributed by atoms with Gasteiger partial charge in [0.1, 0.15) is 5.75 Å². The topological polar surface area (TPSA) is 163 Å². The van der Waals surface area contributed by atoms with Crippen molar-refractivity contribution in [2.75, 3.05) is 24.1 Å². The number of thioether (sulfide) groups is 1. The van der Waals surface area contributed by atoms with Crippen molar-refractivity contribution in [3.8, 4) is 5.75 Å². The zero-order valence-corrected chi connectivity index (χ0v) is 17.8. The normalized spacial score (nSPS) is 10.8. The number of nitro benzene ring substituents is 1. The van der Waals surface area contributed by atoms with E-state index >= 15 is 0 Å². The molecule has 166 valence electrons. The van der Waals surface area contributed by atoms with Gasteiger partial charge in [0.25, 0.3) is 11.6 Å². The number of hydrogen-bond donors (Lipinski definition) is 3. The van der Waals surface area contributed by atoms with Crippen molar-refractivity contribution in [2.45, 2.75) is 11.7 Å². The molecule has 0 unspecified atom stereocenters. The number of aromatic nitrogens is 3. The summed E-state index contributed by atoms with van der Waals surface area (Å²) in [4.78, 5) is 22.4. The Morgan fingerprint density at radius 1 is 1.31 bits per heavy atom. The van der Waals surface area contributed by atoms with Gasteiger partial charge in [-0.25, -0.2) is 10.1 Å². The second-order valence-corrected chi connectivity index (χ2v) is 7.25. The summed E-state index contributed by atoms with van der Waals surface area (Å²) in [6, 6.07) is 13.4. The van der Waals surface area contributed by atoms with Crippen LogP contribution < -0.4 is 21.3 Å². The lowest BCUT2D eigenvalue weighted by Gasteiger charge is -2.06. The molecule has 0 fully saturated rings. The van der Waals surface area contributed by atoms with E-state index in [4.69, 9.17) is 10.6 Å². The number of amides is 1. The molecule has 0 spiro atoms. The number of carbonyl (C=O) groups excluding carboxylic acids is 1. The van der Waals surface area contributed by atoms with E-state index in [0.29, 0.717) is 17.3 Å². The molecule has 13 heteroatoms. The van der Waals surface area contributed by atoms with Crippen LogP contribution in [0.25, 0.3) is 0 Å². The number of nitro groups is 1. The summed E-state index contributed by atoms with van der Waals surface area (Å²) < 4.78 is 6.26. The molecule has 2 aromatic carbocycles. The van der Waals surface area contributed by atoms with Gasteiger partial charge in [-0.3, -0.25) is 14.9 Å². The Bertz CT molecular complexity index is 1120. The van der Waals surface area contributed by atoms with Crippen molar-refractivity contribution in [3.05, 3.63) is 69.8 Å². The highest BCUT2D eigenvalue weighted by atomic mass is 32.2. The Morgan fingerprint density at radius 2 is 2.09 bits per heavy atom. The molecule has 1 heterocycles. The number of benzene rings is 2. The largest absolute Gasteiger partial charge is 0.497 e. The molecule has 3 rings (SSSR count). The minimum absolute atomic E-state index is 0.0418. The number of non-ortho nitro benzene ring substituents is 1. The maximum absolute atomic E-state index is 12.1. The van der Waals surface area contributed by atoms with Gasteiger partial charge in [0.2, 0.25) is 11.1 Å². The first kappa shape index (κ1) is 22.6. The summed E-state index contributed by atoms with van der Waals surface area (Å²) >= 11 is 1.12. The summed E-state index contributed by atoms with van der Waals surface area (Å²) in [6.07, 6.45) is 1.39. The summed E-state index contributed by atoms with van der Waals surface area (Å²) in [5.41, 5.74) is 4.04. The molecule has 0 atom stereocenters. The monoisotopic (exact) mass is 456 g/mol. The van der Waals surface area contributed by atoms with Crippen LogP contribution in [0.4, 0.5) is 11.6 Å². The van der Waals surface area contributed by atoms with Crippen LogP contribution in [-0.4, -0.2) is 44.8 Å².